The molecule has 0 bridgehead atoms. The van der Waals surface area contributed by atoms with E-state index in [1.54, 1.807) is 13.8 Å². The van der Waals surface area contributed by atoms with Gasteiger partial charge in [0.1, 0.15) is 0 Å². The third-order valence-corrected chi connectivity index (χ3v) is 0. The zero-order chi connectivity index (χ0) is 5.41. The van der Waals surface area contributed by atoms with E-state index in [4.69, 9.17) is 10.8 Å². The molecule has 0 aliphatic heterocycles. The summed E-state index contributed by atoms with van der Waals surface area (Å²) in [6, 6.07) is 0. The van der Waals surface area contributed by atoms with Gasteiger partial charge >= 0.3 is 0 Å². The van der Waals surface area contributed by atoms with Crippen LogP contribution >= 0.6 is 12.4 Å². The van der Waals surface area contributed by atoms with Gasteiger partial charge in [0.05, 0.1) is 0 Å². The highest BCUT2D eigenvalue weighted by Crippen LogP contribution is 1.17. The molecule has 0 amide bonds. The fourth-order valence-electron chi connectivity index (χ4n) is 0. The molecule has 0 spiro atoms. The second-order valence-electron chi connectivity index (χ2n) is 0.577. The molecule has 4 heteroatoms. The Bertz CT molecular complexity index is 32.3. The fraction of sp³-hybridized carbons (Fsp3) is 0.500. The summed E-state index contributed by atoms with van der Waals surface area (Å²) in [6.07, 6.45) is 2.50. The predicted molar refractivity (Wildman–Crippen MR) is 41.2 cm³/mol. The summed E-state index contributed by atoms with van der Waals surface area (Å²) < 4.78 is 0. The Morgan fingerprint density at radius 3 is 1.00 bits per heavy atom. The molecular formula is C4H14ClN3. The maximum Gasteiger partial charge on any atom is -0.00788 e. The summed E-state index contributed by atoms with van der Waals surface area (Å²) in [5.74, 6) is 0. The van der Waals surface area contributed by atoms with Gasteiger partial charge in [-0.2, -0.15) is 0 Å². The molecule has 0 aromatic heterocycles. The van der Waals surface area contributed by atoms with Crippen molar-refractivity contribution in [3.63, 3.8) is 0 Å². The van der Waals surface area contributed by atoms with E-state index in [2.05, 4.69) is 0 Å². The molecule has 0 fully saturated rings. The van der Waals surface area contributed by atoms with Crippen molar-refractivity contribution in [1.29, 1.82) is 10.8 Å². The summed E-state index contributed by atoms with van der Waals surface area (Å²) in [7, 11) is 0. The zero-order valence-electron chi connectivity index (χ0n) is 5.27. The molecule has 5 N–H and O–H groups in total. The predicted octanol–water partition coefficient (Wildman–Crippen LogP) is 1.90. The zero-order valence-corrected chi connectivity index (χ0v) is 6.09. The molecule has 0 rings (SSSR count). The molecule has 0 aromatic rings. The quantitative estimate of drug-likeness (QED) is 0.440. The van der Waals surface area contributed by atoms with E-state index in [1.165, 1.54) is 12.4 Å². The number of hydrogen-bond donors (Lipinski definition) is 3. The van der Waals surface area contributed by atoms with Crippen molar-refractivity contribution < 1.29 is 0 Å². The van der Waals surface area contributed by atoms with Crippen LogP contribution in [0.5, 0.6) is 0 Å². The lowest BCUT2D eigenvalue weighted by Crippen LogP contribution is -1.32. The Balaban J connectivity index is -0.0000000160. The minimum atomic E-state index is 0. The molecule has 0 heterocycles. The lowest BCUT2D eigenvalue weighted by molar-refractivity contribution is 1.55. The van der Waals surface area contributed by atoms with Crippen LogP contribution in [0, 0.1) is 10.8 Å². The van der Waals surface area contributed by atoms with Crippen molar-refractivity contribution in [2.45, 2.75) is 13.8 Å². The van der Waals surface area contributed by atoms with Crippen LogP contribution in [-0.2, 0) is 0 Å². The molecule has 0 atom stereocenters. The van der Waals surface area contributed by atoms with Crippen molar-refractivity contribution in [2.24, 2.45) is 0 Å². The highest BCUT2D eigenvalue weighted by molar-refractivity contribution is 5.85. The van der Waals surface area contributed by atoms with Crippen molar-refractivity contribution in [3.05, 3.63) is 0 Å². The summed E-state index contributed by atoms with van der Waals surface area (Å²) in [6.45, 7) is 3.33. The van der Waals surface area contributed by atoms with Crippen LogP contribution in [0.2, 0.25) is 0 Å². The molecule has 0 radical (unpaired) electrons. The van der Waals surface area contributed by atoms with Crippen LogP contribution in [0.25, 0.3) is 0 Å². The molecule has 0 saturated heterocycles. The van der Waals surface area contributed by atoms with Crippen LogP contribution < -0.4 is 6.15 Å². The largest absolute Gasteiger partial charge is 0.344 e. The van der Waals surface area contributed by atoms with Crippen molar-refractivity contribution in [1.82, 2.24) is 6.15 Å². The standard InChI is InChI=1S/2C2H5N.ClH.H3N/c2*1-2-3;;/h2*2-3H,1H3;1H;1H3. The van der Waals surface area contributed by atoms with Crippen LogP contribution in [0.15, 0.2) is 0 Å². The number of hydrogen-bond acceptors (Lipinski definition) is 3. The lowest BCUT2D eigenvalue weighted by atomic mass is 10.9. The SMILES string of the molecule is CC=N.CC=N.Cl.N. The number of rotatable bonds is 0. The van der Waals surface area contributed by atoms with Crippen LogP contribution in [0.1, 0.15) is 13.8 Å². The highest BCUT2D eigenvalue weighted by atomic mass is 35.5. The summed E-state index contributed by atoms with van der Waals surface area (Å²) in [5, 5.41) is 12.2. The first kappa shape index (κ1) is 25.6. The highest BCUT2D eigenvalue weighted by Gasteiger charge is 1.17. The molecule has 0 aliphatic rings. The van der Waals surface area contributed by atoms with Crippen molar-refractivity contribution >= 4 is 24.8 Å². The first-order valence-electron chi connectivity index (χ1n) is 1.73. The van der Waals surface area contributed by atoms with Gasteiger partial charge in [-0.05, 0) is 26.3 Å². The van der Waals surface area contributed by atoms with Crippen LogP contribution in [-0.4, -0.2) is 12.4 Å². The van der Waals surface area contributed by atoms with Gasteiger partial charge in [-0.3, -0.25) is 0 Å². The Labute approximate surface area is 56.5 Å². The lowest BCUT2D eigenvalue weighted by Gasteiger charge is -1.30. The van der Waals surface area contributed by atoms with Gasteiger partial charge in [0.15, 0.2) is 0 Å². The van der Waals surface area contributed by atoms with E-state index in [1.807, 2.05) is 0 Å². The average Bonchev–Trinajstić information content (AvgIpc) is 1.39. The maximum absolute atomic E-state index is 6.08. The van der Waals surface area contributed by atoms with Crippen molar-refractivity contribution in [2.75, 3.05) is 0 Å². The number of halogens is 1. The second-order valence-corrected chi connectivity index (χ2v) is 0.577. The Morgan fingerprint density at radius 2 is 1.00 bits per heavy atom. The third-order valence-electron chi connectivity index (χ3n) is 0. The van der Waals surface area contributed by atoms with E-state index < -0.39 is 0 Å². The summed E-state index contributed by atoms with van der Waals surface area (Å²) >= 11 is 0. The van der Waals surface area contributed by atoms with Gasteiger partial charge in [-0.15, -0.1) is 12.4 Å². The smallest absolute Gasteiger partial charge is 0.00788 e. The van der Waals surface area contributed by atoms with Gasteiger partial charge in [0.2, 0.25) is 0 Å². The van der Waals surface area contributed by atoms with Crippen LogP contribution in [0.4, 0.5) is 0 Å². The first-order chi connectivity index (χ1) is 2.83. The Morgan fingerprint density at radius 1 is 1.00 bits per heavy atom. The fourth-order valence-corrected chi connectivity index (χ4v) is 0. The van der Waals surface area contributed by atoms with E-state index in [0.717, 1.165) is 0 Å². The van der Waals surface area contributed by atoms with Gasteiger partial charge < -0.3 is 17.0 Å². The molecule has 8 heavy (non-hydrogen) atoms. The van der Waals surface area contributed by atoms with E-state index in [-0.39, 0.29) is 18.6 Å². The van der Waals surface area contributed by atoms with Gasteiger partial charge in [0, 0.05) is 0 Å². The number of nitrogens with one attached hydrogen (secondary N) is 2. The molecule has 0 unspecified atom stereocenters. The molecule has 0 aliphatic carbocycles. The molecule has 52 valence electrons. The van der Waals surface area contributed by atoms with E-state index in [0.29, 0.717) is 0 Å². The first-order valence-corrected chi connectivity index (χ1v) is 1.73. The Kier molecular flexibility index (Phi) is 260. The van der Waals surface area contributed by atoms with Crippen LogP contribution in [0.3, 0.4) is 0 Å². The second kappa shape index (κ2) is 81.5. The molecule has 0 saturated carbocycles. The maximum atomic E-state index is 6.08. The van der Waals surface area contributed by atoms with Gasteiger partial charge in [-0.25, -0.2) is 0 Å². The normalized spacial score (nSPS) is 3.25. The minimum Gasteiger partial charge on any atom is -0.344 e. The van der Waals surface area contributed by atoms with E-state index >= 15 is 0 Å². The third kappa shape index (κ3) is 701. The monoisotopic (exact) mass is 139 g/mol. The van der Waals surface area contributed by atoms with Crippen molar-refractivity contribution in [3.8, 4) is 0 Å². The Hall–Kier alpha value is -0.410. The van der Waals surface area contributed by atoms with E-state index in [9.17, 15) is 0 Å². The molecular weight excluding hydrogens is 126 g/mol. The molecule has 3 nitrogen and oxygen atoms in total. The minimum absolute atomic E-state index is 0. The summed E-state index contributed by atoms with van der Waals surface area (Å²) in [5.41, 5.74) is 0. The van der Waals surface area contributed by atoms with Gasteiger partial charge in [-0.1, -0.05) is 0 Å². The molecule has 0 aromatic carbocycles. The average molecular weight is 140 g/mol. The van der Waals surface area contributed by atoms with Gasteiger partial charge in [0.25, 0.3) is 0 Å². The topological polar surface area (TPSA) is 82.7 Å². The summed E-state index contributed by atoms with van der Waals surface area (Å²) in [4.78, 5) is 0.